The van der Waals surface area contributed by atoms with Gasteiger partial charge in [-0.1, -0.05) is 6.92 Å². The number of carbonyl (C=O) groups excluding carboxylic acids is 1. The molecule has 1 amide bonds. The molecule has 1 atom stereocenters. The third-order valence-electron chi connectivity index (χ3n) is 1.72. The quantitative estimate of drug-likeness (QED) is 0.627. The minimum Gasteiger partial charge on any atom is -0.330 e. The van der Waals surface area contributed by atoms with Crippen molar-refractivity contribution in [1.82, 2.24) is 10.2 Å². The van der Waals surface area contributed by atoms with Crippen LogP contribution in [0.3, 0.4) is 0 Å². The summed E-state index contributed by atoms with van der Waals surface area (Å²) in [7, 11) is 0. The first kappa shape index (κ1) is 9.73. The zero-order chi connectivity index (χ0) is 9.68. The van der Waals surface area contributed by atoms with E-state index in [0.29, 0.717) is 18.7 Å². The molecule has 0 bridgehead atoms. The molecule has 72 valence electrons. The lowest BCUT2D eigenvalue weighted by Gasteiger charge is -2.06. The van der Waals surface area contributed by atoms with E-state index in [4.69, 9.17) is 5.73 Å². The molecule has 0 radical (unpaired) electrons. The van der Waals surface area contributed by atoms with Crippen LogP contribution in [0.15, 0.2) is 12.4 Å². The Morgan fingerprint density at radius 2 is 2.62 bits per heavy atom. The summed E-state index contributed by atoms with van der Waals surface area (Å²) >= 11 is 0. The molecule has 0 fully saturated rings. The van der Waals surface area contributed by atoms with Crippen molar-refractivity contribution in [1.29, 1.82) is 0 Å². The number of anilines is 1. The molecule has 1 rings (SSSR count). The number of rotatable bonds is 4. The summed E-state index contributed by atoms with van der Waals surface area (Å²) in [6.45, 7) is 2.47. The van der Waals surface area contributed by atoms with Crippen LogP contribution in [0, 0.1) is 5.92 Å². The van der Waals surface area contributed by atoms with Gasteiger partial charge in [0.25, 0.3) is 0 Å². The fourth-order valence-electron chi connectivity index (χ4n) is 0.931. The van der Waals surface area contributed by atoms with E-state index in [0.717, 1.165) is 0 Å². The number of aromatic amines is 1. The molecule has 0 spiro atoms. The Kier molecular flexibility index (Phi) is 3.45. The van der Waals surface area contributed by atoms with Gasteiger partial charge in [-0.25, -0.2) is 0 Å². The molecule has 0 aliphatic heterocycles. The standard InChI is InChI=1S/C8H14N4O/c1-6(3-9)2-8(13)12-7-4-10-11-5-7/h4-6H,2-3,9H2,1H3,(H,10,11)(H,12,13). The highest BCUT2D eigenvalue weighted by Crippen LogP contribution is 2.05. The fourth-order valence-corrected chi connectivity index (χ4v) is 0.931. The molecule has 5 heteroatoms. The van der Waals surface area contributed by atoms with Crippen LogP contribution in [0.2, 0.25) is 0 Å². The van der Waals surface area contributed by atoms with Crippen molar-refractivity contribution in [3.8, 4) is 0 Å². The zero-order valence-corrected chi connectivity index (χ0v) is 7.58. The van der Waals surface area contributed by atoms with Gasteiger partial charge < -0.3 is 11.1 Å². The summed E-state index contributed by atoms with van der Waals surface area (Å²) in [5.74, 6) is 0.186. The van der Waals surface area contributed by atoms with Gasteiger partial charge in [-0.3, -0.25) is 9.89 Å². The zero-order valence-electron chi connectivity index (χ0n) is 7.58. The molecule has 5 nitrogen and oxygen atoms in total. The van der Waals surface area contributed by atoms with Crippen LogP contribution in [-0.2, 0) is 4.79 Å². The molecule has 13 heavy (non-hydrogen) atoms. The summed E-state index contributed by atoms with van der Waals surface area (Å²) in [4.78, 5) is 11.3. The first-order valence-electron chi connectivity index (χ1n) is 4.21. The van der Waals surface area contributed by atoms with Crippen LogP contribution < -0.4 is 11.1 Å². The number of carbonyl (C=O) groups is 1. The summed E-state index contributed by atoms with van der Waals surface area (Å²) in [6, 6.07) is 0. The van der Waals surface area contributed by atoms with Crippen LogP contribution >= 0.6 is 0 Å². The lowest BCUT2D eigenvalue weighted by molar-refractivity contribution is -0.116. The largest absolute Gasteiger partial charge is 0.330 e. The molecule has 0 aromatic carbocycles. The predicted molar refractivity (Wildman–Crippen MR) is 50.1 cm³/mol. The fraction of sp³-hybridized carbons (Fsp3) is 0.500. The molecule has 4 N–H and O–H groups in total. The Hall–Kier alpha value is -1.36. The number of amides is 1. The molecule has 0 saturated heterocycles. The second-order valence-electron chi connectivity index (χ2n) is 3.08. The van der Waals surface area contributed by atoms with Gasteiger partial charge >= 0.3 is 0 Å². The first-order valence-corrected chi connectivity index (χ1v) is 4.21. The van der Waals surface area contributed by atoms with Crippen LogP contribution in [0.1, 0.15) is 13.3 Å². The van der Waals surface area contributed by atoms with Crippen molar-refractivity contribution in [2.45, 2.75) is 13.3 Å². The SMILES string of the molecule is CC(CN)CC(=O)Nc1cn[nH]c1. The Morgan fingerprint density at radius 1 is 1.85 bits per heavy atom. The average Bonchev–Trinajstić information content (AvgIpc) is 2.56. The van der Waals surface area contributed by atoms with Crippen LogP contribution in [-0.4, -0.2) is 22.6 Å². The van der Waals surface area contributed by atoms with E-state index in [9.17, 15) is 4.79 Å². The van der Waals surface area contributed by atoms with E-state index >= 15 is 0 Å². The molecule has 0 saturated carbocycles. The summed E-state index contributed by atoms with van der Waals surface area (Å²) < 4.78 is 0. The van der Waals surface area contributed by atoms with Crippen molar-refractivity contribution in [3.05, 3.63) is 12.4 Å². The maximum atomic E-state index is 11.3. The average molecular weight is 182 g/mol. The Morgan fingerprint density at radius 3 is 3.15 bits per heavy atom. The summed E-state index contributed by atoms with van der Waals surface area (Å²) in [5.41, 5.74) is 6.08. The second-order valence-corrected chi connectivity index (χ2v) is 3.08. The third-order valence-corrected chi connectivity index (χ3v) is 1.72. The van der Waals surface area contributed by atoms with E-state index in [1.807, 2.05) is 6.92 Å². The summed E-state index contributed by atoms with van der Waals surface area (Å²) in [6.07, 6.45) is 3.64. The highest BCUT2D eigenvalue weighted by molar-refractivity contribution is 5.90. The molecule has 1 unspecified atom stereocenters. The third kappa shape index (κ3) is 3.25. The number of hydrogen-bond donors (Lipinski definition) is 3. The van der Waals surface area contributed by atoms with Crippen molar-refractivity contribution in [3.63, 3.8) is 0 Å². The molecular weight excluding hydrogens is 168 g/mol. The number of aromatic nitrogens is 2. The van der Waals surface area contributed by atoms with Gasteiger partial charge in [0.2, 0.25) is 5.91 Å². The van der Waals surface area contributed by atoms with Crippen molar-refractivity contribution in [2.75, 3.05) is 11.9 Å². The Bertz CT molecular complexity index is 257. The maximum Gasteiger partial charge on any atom is 0.224 e. The number of nitrogens with two attached hydrogens (primary N) is 1. The lowest BCUT2D eigenvalue weighted by Crippen LogP contribution is -2.19. The normalized spacial score (nSPS) is 12.5. The molecule has 0 aliphatic carbocycles. The van der Waals surface area contributed by atoms with Crippen LogP contribution in [0.4, 0.5) is 5.69 Å². The van der Waals surface area contributed by atoms with Crippen LogP contribution in [0.25, 0.3) is 0 Å². The van der Waals surface area contributed by atoms with Gasteiger partial charge in [0.05, 0.1) is 11.9 Å². The molecule has 1 aromatic rings. The van der Waals surface area contributed by atoms with E-state index < -0.39 is 0 Å². The smallest absolute Gasteiger partial charge is 0.224 e. The van der Waals surface area contributed by atoms with Gasteiger partial charge in [0.15, 0.2) is 0 Å². The number of nitrogens with one attached hydrogen (secondary N) is 2. The minimum atomic E-state index is -0.0284. The number of nitrogens with zero attached hydrogens (tertiary/aromatic N) is 1. The lowest BCUT2D eigenvalue weighted by atomic mass is 10.1. The monoisotopic (exact) mass is 182 g/mol. The topological polar surface area (TPSA) is 83.8 Å². The highest BCUT2D eigenvalue weighted by atomic mass is 16.1. The van der Waals surface area contributed by atoms with E-state index in [1.54, 1.807) is 12.4 Å². The number of hydrogen-bond acceptors (Lipinski definition) is 3. The van der Waals surface area contributed by atoms with E-state index in [2.05, 4.69) is 15.5 Å². The predicted octanol–water partition coefficient (Wildman–Crippen LogP) is 0.333. The maximum absolute atomic E-state index is 11.3. The van der Waals surface area contributed by atoms with Gasteiger partial charge in [-0.15, -0.1) is 0 Å². The molecule has 1 heterocycles. The Balaban J connectivity index is 2.34. The minimum absolute atomic E-state index is 0.0284. The molecule has 0 aliphatic rings. The Labute approximate surface area is 76.7 Å². The number of H-pyrrole nitrogens is 1. The molecule has 1 aromatic heterocycles. The highest BCUT2D eigenvalue weighted by Gasteiger charge is 2.07. The second kappa shape index (κ2) is 4.61. The van der Waals surface area contributed by atoms with E-state index in [1.165, 1.54) is 0 Å². The van der Waals surface area contributed by atoms with Crippen molar-refractivity contribution >= 4 is 11.6 Å². The molecular formula is C8H14N4O. The van der Waals surface area contributed by atoms with Crippen molar-refractivity contribution < 1.29 is 4.79 Å². The van der Waals surface area contributed by atoms with Gasteiger partial charge in [-0.05, 0) is 12.5 Å². The van der Waals surface area contributed by atoms with Crippen LogP contribution in [0.5, 0.6) is 0 Å². The van der Waals surface area contributed by atoms with Gasteiger partial charge in [0.1, 0.15) is 0 Å². The van der Waals surface area contributed by atoms with Crippen molar-refractivity contribution in [2.24, 2.45) is 11.7 Å². The summed E-state index contributed by atoms with van der Waals surface area (Å²) in [5, 5.41) is 9.02. The first-order chi connectivity index (χ1) is 6.22. The van der Waals surface area contributed by atoms with Gasteiger partial charge in [0, 0.05) is 12.6 Å². The van der Waals surface area contributed by atoms with E-state index in [-0.39, 0.29) is 11.8 Å². The van der Waals surface area contributed by atoms with Gasteiger partial charge in [-0.2, -0.15) is 5.10 Å².